The molecular weight excluding hydrogens is 464 g/mol. The molecule has 0 saturated carbocycles. The van der Waals surface area contributed by atoms with Crippen LogP contribution >= 0.6 is 0 Å². The van der Waals surface area contributed by atoms with Crippen LogP contribution in [0.15, 0.2) is 0 Å². The van der Waals surface area contributed by atoms with Crippen LogP contribution < -0.4 is 0 Å². The van der Waals surface area contributed by atoms with E-state index >= 15 is 0 Å². The van der Waals surface area contributed by atoms with Crippen molar-refractivity contribution >= 4 is 20.8 Å². The molecule has 0 amide bonds. The van der Waals surface area contributed by atoms with Crippen molar-refractivity contribution in [3.63, 3.8) is 0 Å². The zero-order chi connectivity index (χ0) is 22.4. The summed E-state index contributed by atoms with van der Waals surface area (Å²) in [5.74, 6) is 0. The Hall–Kier alpha value is -0.580. The lowest BCUT2D eigenvalue weighted by molar-refractivity contribution is -0.336. The second kappa shape index (κ2) is 8.75. The highest BCUT2D eigenvalue weighted by atomic mass is 32.3. The second-order valence-electron chi connectivity index (χ2n) is 6.65. The summed E-state index contributed by atoms with van der Waals surface area (Å²) in [6.45, 7) is -1.17. The van der Waals surface area contributed by atoms with Crippen molar-refractivity contribution in [3.8, 4) is 0 Å². The van der Waals surface area contributed by atoms with Gasteiger partial charge in [-0.25, -0.2) is 8.37 Å². The highest BCUT2D eigenvalue weighted by Crippen LogP contribution is 2.35. The van der Waals surface area contributed by atoms with Gasteiger partial charge in [-0.2, -0.15) is 16.8 Å². The molecule has 0 aromatic rings. The van der Waals surface area contributed by atoms with Crippen LogP contribution in [-0.2, 0) is 48.1 Å². The number of aliphatic hydroxyl groups is 4. The van der Waals surface area contributed by atoms with Crippen LogP contribution in [0.1, 0.15) is 0 Å². The van der Waals surface area contributed by atoms with Crippen molar-refractivity contribution in [3.05, 3.63) is 0 Å². The third-order valence-corrected chi connectivity index (χ3v) is 5.57. The van der Waals surface area contributed by atoms with Crippen LogP contribution in [0.3, 0.4) is 0 Å². The van der Waals surface area contributed by atoms with Crippen LogP contribution in [0.2, 0.25) is 0 Å². The molecule has 0 aliphatic carbocycles. The van der Waals surface area contributed by atoms with E-state index < -0.39 is 88.8 Å². The molecule has 3 saturated heterocycles. The molecule has 0 radical (unpaired) electrons. The van der Waals surface area contributed by atoms with E-state index in [1.165, 1.54) is 0 Å². The van der Waals surface area contributed by atoms with Crippen LogP contribution in [-0.4, -0.2) is 121 Å². The van der Waals surface area contributed by atoms with E-state index in [1.54, 1.807) is 0 Å². The monoisotopic (exact) mass is 484 g/mol. The maximum Gasteiger partial charge on any atom is 0.397 e. The van der Waals surface area contributed by atoms with E-state index in [2.05, 4.69) is 8.37 Å². The lowest BCUT2D eigenvalue weighted by Gasteiger charge is -2.44. The van der Waals surface area contributed by atoms with Gasteiger partial charge in [0.1, 0.15) is 42.7 Å². The van der Waals surface area contributed by atoms with Gasteiger partial charge in [-0.3, -0.25) is 9.11 Å². The lowest BCUT2D eigenvalue weighted by atomic mass is 9.98. The highest BCUT2D eigenvalue weighted by molar-refractivity contribution is 7.81. The molecule has 30 heavy (non-hydrogen) atoms. The fourth-order valence-corrected chi connectivity index (χ4v) is 4.40. The minimum atomic E-state index is -5.18. The molecule has 3 rings (SSSR count). The fourth-order valence-electron chi connectivity index (χ4n) is 3.40. The summed E-state index contributed by atoms with van der Waals surface area (Å²) in [6, 6.07) is 0. The minimum absolute atomic E-state index is 0.222. The Morgan fingerprint density at radius 1 is 0.867 bits per heavy atom. The van der Waals surface area contributed by atoms with Crippen molar-refractivity contribution in [2.24, 2.45) is 0 Å². The number of hydrogen-bond donors (Lipinski definition) is 6. The molecule has 3 fully saturated rings. The quantitative estimate of drug-likeness (QED) is 0.186. The largest absolute Gasteiger partial charge is 0.397 e. The zero-order valence-electron chi connectivity index (χ0n) is 14.8. The van der Waals surface area contributed by atoms with E-state index in [-0.39, 0.29) is 6.61 Å². The first-order valence-electron chi connectivity index (χ1n) is 8.35. The molecule has 0 aromatic heterocycles. The number of aliphatic hydroxyl groups excluding tert-OH is 4. The van der Waals surface area contributed by atoms with Crippen molar-refractivity contribution in [2.45, 2.75) is 61.4 Å². The Balaban J connectivity index is 1.90. The van der Waals surface area contributed by atoms with Crippen LogP contribution in [0.25, 0.3) is 0 Å². The van der Waals surface area contributed by atoms with E-state index in [4.69, 9.17) is 28.1 Å². The summed E-state index contributed by atoms with van der Waals surface area (Å²) in [6.07, 6.45) is -17.0. The molecule has 176 valence electrons. The van der Waals surface area contributed by atoms with Crippen LogP contribution in [0.5, 0.6) is 0 Å². The van der Waals surface area contributed by atoms with Crippen molar-refractivity contribution in [1.29, 1.82) is 0 Å². The van der Waals surface area contributed by atoms with E-state index in [0.717, 1.165) is 0 Å². The molecule has 16 nitrogen and oxygen atoms in total. The van der Waals surface area contributed by atoms with Gasteiger partial charge in [0.25, 0.3) is 0 Å². The van der Waals surface area contributed by atoms with Gasteiger partial charge in [0.15, 0.2) is 18.7 Å². The number of fused-ring (bicyclic) bond motifs is 2. The van der Waals surface area contributed by atoms with Gasteiger partial charge in [-0.05, 0) is 0 Å². The average molecular weight is 484 g/mol. The Labute approximate surface area is 169 Å². The summed E-state index contributed by atoms with van der Waals surface area (Å²) in [4.78, 5) is 0. The van der Waals surface area contributed by atoms with Gasteiger partial charge in [0.05, 0.1) is 13.2 Å². The Morgan fingerprint density at radius 3 is 2.03 bits per heavy atom. The van der Waals surface area contributed by atoms with Gasteiger partial charge in [0, 0.05) is 0 Å². The molecule has 0 aromatic carbocycles. The number of ether oxygens (including phenoxy) is 4. The molecule has 6 N–H and O–H groups in total. The Morgan fingerprint density at radius 2 is 1.47 bits per heavy atom. The van der Waals surface area contributed by atoms with E-state index in [9.17, 15) is 37.3 Å². The maximum atomic E-state index is 11.2. The third-order valence-electron chi connectivity index (χ3n) is 4.64. The summed E-state index contributed by atoms with van der Waals surface area (Å²) in [5.41, 5.74) is 0. The normalized spacial score (nSPS) is 44.9. The summed E-state index contributed by atoms with van der Waals surface area (Å²) in [7, 11) is -10.3. The van der Waals surface area contributed by atoms with E-state index in [1.807, 2.05) is 0 Å². The molecule has 2 bridgehead atoms. The topological polar surface area (TPSA) is 245 Å². The zero-order valence-corrected chi connectivity index (χ0v) is 16.4. The first-order chi connectivity index (χ1) is 13.8. The molecule has 3 heterocycles. The molecule has 18 heteroatoms. The molecular formula is C12H20O16S2. The molecule has 0 unspecified atom stereocenters. The van der Waals surface area contributed by atoms with Gasteiger partial charge in [0.2, 0.25) is 0 Å². The van der Waals surface area contributed by atoms with Gasteiger partial charge < -0.3 is 39.4 Å². The highest BCUT2D eigenvalue weighted by Gasteiger charge is 2.56. The minimum Gasteiger partial charge on any atom is -0.394 e. The van der Waals surface area contributed by atoms with Gasteiger partial charge in [-0.1, -0.05) is 0 Å². The van der Waals surface area contributed by atoms with Crippen molar-refractivity contribution in [1.82, 2.24) is 0 Å². The van der Waals surface area contributed by atoms with Crippen molar-refractivity contribution < 1.29 is 73.7 Å². The third kappa shape index (κ3) is 5.24. The molecule has 3 aliphatic rings. The molecule has 10 atom stereocenters. The van der Waals surface area contributed by atoms with Crippen molar-refractivity contribution in [2.75, 3.05) is 13.2 Å². The van der Waals surface area contributed by atoms with Crippen LogP contribution in [0, 0.1) is 0 Å². The van der Waals surface area contributed by atoms with Gasteiger partial charge >= 0.3 is 20.8 Å². The summed E-state index contributed by atoms with van der Waals surface area (Å²) in [5, 5.41) is 39.4. The Bertz CT molecular complexity index is 814. The predicted octanol–water partition coefficient (Wildman–Crippen LogP) is -4.70. The predicted molar refractivity (Wildman–Crippen MR) is 86.1 cm³/mol. The lowest BCUT2D eigenvalue weighted by Crippen LogP contribution is -2.64. The first-order valence-corrected chi connectivity index (χ1v) is 11.1. The average Bonchev–Trinajstić information content (AvgIpc) is 2.86. The maximum absolute atomic E-state index is 11.2. The summed E-state index contributed by atoms with van der Waals surface area (Å²) >= 11 is 0. The smallest absolute Gasteiger partial charge is 0.394 e. The standard InChI is InChI=1S/C12H20O16S2/c13-1-3-7(27-29(17,18)19)9(6(15)11(16)24-3)26-12-10(28-30(20,21)22)8-5(14)4(25-12)2-23-8/h3-16H,1-2H2,(H,17,18,19)(H,20,21,22)/t3-,4-,5+,6-,7+,8+,9-,10-,11-,12-/m1/s1. The molecule has 0 spiro atoms. The molecule has 3 aliphatic heterocycles. The SMILES string of the molecule is O=S(=O)(O)O[C@@H]1[C@H](O[C@H]2O[C@@H]3CO[C@@H]([C@H]3O)[C@H]2OS(=O)(=O)O)[C@@H](O)[C@H](O)O[C@@H]1CO. The number of hydrogen-bond acceptors (Lipinski definition) is 14. The summed E-state index contributed by atoms with van der Waals surface area (Å²) < 4.78 is 92.2. The van der Waals surface area contributed by atoms with Crippen LogP contribution in [0.4, 0.5) is 0 Å². The first kappa shape index (κ1) is 24.1. The van der Waals surface area contributed by atoms with Gasteiger partial charge in [-0.15, -0.1) is 0 Å². The second-order valence-corrected chi connectivity index (χ2v) is 8.74. The Kier molecular flexibility index (Phi) is 7.02. The fraction of sp³-hybridized carbons (Fsp3) is 1.00. The number of rotatable bonds is 7. The van der Waals surface area contributed by atoms with E-state index in [0.29, 0.717) is 0 Å².